The zero-order valence-corrected chi connectivity index (χ0v) is 19.0. The number of nitrogens with one attached hydrogen (secondary N) is 1. The minimum Gasteiger partial charge on any atom is -0.493 e. The summed E-state index contributed by atoms with van der Waals surface area (Å²) in [5.41, 5.74) is 3.02. The van der Waals surface area contributed by atoms with Crippen molar-refractivity contribution in [2.24, 2.45) is 23.7 Å². The van der Waals surface area contributed by atoms with E-state index in [-0.39, 0.29) is 18.6 Å². The van der Waals surface area contributed by atoms with Crippen molar-refractivity contribution in [2.75, 3.05) is 12.4 Å². The SMILES string of the molecule is C[C@H](CS)C(=O)O[C@@H](CCOc1ccccc1)C(=O)ONC12CC3CC(CC(C3)C1)C2. The molecule has 0 aromatic heterocycles. The van der Waals surface area contributed by atoms with Gasteiger partial charge in [-0.05, 0) is 68.4 Å². The first-order chi connectivity index (χ1) is 15.0. The van der Waals surface area contributed by atoms with Gasteiger partial charge in [-0.2, -0.15) is 12.6 Å². The summed E-state index contributed by atoms with van der Waals surface area (Å²) in [5.74, 6) is 1.86. The van der Waals surface area contributed by atoms with Crippen LogP contribution in [0.25, 0.3) is 0 Å². The van der Waals surface area contributed by atoms with Gasteiger partial charge in [0, 0.05) is 12.2 Å². The van der Waals surface area contributed by atoms with Crippen molar-refractivity contribution in [3.05, 3.63) is 30.3 Å². The molecule has 1 aromatic rings. The smallest absolute Gasteiger partial charge is 0.366 e. The molecule has 4 aliphatic carbocycles. The van der Waals surface area contributed by atoms with Crippen molar-refractivity contribution in [2.45, 2.75) is 63.5 Å². The van der Waals surface area contributed by atoms with Crippen molar-refractivity contribution in [3.8, 4) is 5.75 Å². The van der Waals surface area contributed by atoms with E-state index in [1.54, 1.807) is 6.92 Å². The minimum atomic E-state index is -1.01. The van der Waals surface area contributed by atoms with E-state index in [4.69, 9.17) is 14.3 Å². The molecule has 4 aliphatic rings. The Labute approximate surface area is 189 Å². The van der Waals surface area contributed by atoms with Crippen molar-refractivity contribution in [1.29, 1.82) is 0 Å². The lowest BCUT2D eigenvalue weighted by atomic mass is 9.53. The van der Waals surface area contributed by atoms with Crippen LogP contribution in [0.5, 0.6) is 5.75 Å². The topological polar surface area (TPSA) is 73.9 Å². The molecule has 0 spiro atoms. The number of ether oxygens (including phenoxy) is 2. The molecule has 0 aliphatic heterocycles. The Morgan fingerprint density at radius 1 is 1.06 bits per heavy atom. The lowest BCUT2D eigenvalue weighted by molar-refractivity contribution is -0.184. The van der Waals surface area contributed by atoms with Gasteiger partial charge in [0.1, 0.15) is 5.75 Å². The number of hydrogen-bond acceptors (Lipinski definition) is 7. The Bertz CT molecular complexity index is 735. The molecule has 0 unspecified atom stereocenters. The molecule has 4 fully saturated rings. The zero-order chi connectivity index (χ0) is 21.8. The first-order valence-corrected chi connectivity index (χ1v) is 12.1. The molecule has 7 heteroatoms. The summed E-state index contributed by atoms with van der Waals surface area (Å²) >= 11 is 4.15. The number of rotatable bonds is 10. The summed E-state index contributed by atoms with van der Waals surface area (Å²) in [6.07, 6.45) is 6.33. The number of carbonyl (C=O) groups excluding carboxylic acids is 2. The fraction of sp³-hybridized carbons (Fsp3) is 0.667. The molecular formula is C24H33NO5S. The Morgan fingerprint density at radius 2 is 1.68 bits per heavy atom. The molecule has 0 saturated heterocycles. The average Bonchev–Trinajstić information content (AvgIpc) is 2.76. The van der Waals surface area contributed by atoms with Crippen LogP contribution in [0.3, 0.4) is 0 Å². The van der Waals surface area contributed by atoms with Gasteiger partial charge in [0.2, 0.25) is 6.10 Å². The van der Waals surface area contributed by atoms with E-state index in [1.807, 2.05) is 30.3 Å². The molecule has 5 rings (SSSR count). The lowest BCUT2D eigenvalue weighted by Crippen LogP contribution is -2.59. The molecule has 1 aromatic carbocycles. The molecule has 4 bridgehead atoms. The molecule has 0 heterocycles. The maximum absolute atomic E-state index is 12.9. The third-order valence-electron chi connectivity index (χ3n) is 7.00. The van der Waals surface area contributed by atoms with E-state index < -0.39 is 24.0 Å². The summed E-state index contributed by atoms with van der Waals surface area (Å²) in [6, 6.07) is 9.35. The van der Waals surface area contributed by atoms with Crippen molar-refractivity contribution in [1.82, 2.24) is 5.48 Å². The molecule has 170 valence electrons. The number of para-hydroxylation sites is 1. The molecule has 6 nitrogen and oxygen atoms in total. The molecule has 0 amide bonds. The van der Waals surface area contributed by atoms with Crippen LogP contribution in [0.1, 0.15) is 51.9 Å². The number of carbonyl (C=O) groups is 2. The van der Waals surface area contributed by atoms with E-state index in [2.05, 4.69) is 18.1 Å². The third-order valence-corrected chi connectivity index (χ3v) is 7.54. The highest BCUT2D eigenvalue weighted by atomic mass is 32.1. The lowest BCUT2D eigenvalue weighted by Gasteiger charge is -2.56. The number of esters is 1. The predicted molar refractivity (Wildman–Crippen MR) is 120 cm³/mol. The Morgan fingerprint density at radius 3 is 2.26 bits per heavy atom. The molecular weight excluding hydrogens is 414 g/mol. The van der Waals surface area contributed by atoms with Crippen molar-refractivity contribution in [3.63, 3.8) is 0 Å². The molecule has 0 radical (unpaired) electrons. The highest BCUT2D eigenvalue weighted by Gasteiger charge is 2.51. The van der Waals surface area contributed by atoms with Gasteiger partial charge in [-0.25, -0.2) is 4.79 Å². The van der Waals surface area contributed by atoms with Gasteiger partial charge in [0.25, 0.3) is 0 Å². The zero-order valence-electron chi connectivity index (χ0n) is 18.1. The summed E-state index contributed by atoms with van der Waals surface area (Å²) in [5, 5.41) is 0. The van der Waals surface area contributed by atoms with Crippen molar-refractivity contribution >= 4 is 24.6 Å². The maximum atomic E-state index is 12.9. The van der Waals surface area contributed by atoms with Gasteiger partial charge in [0.05, 0.1) is 18.1 Å². The van der Waals surface area contributed by atoms with Gasteiger partial charge < -0.3 is 14.3 Å². The van der Waals surface area contributed by atoms with Crippen LogP contribution in [-0.4, -0.2) is 35.9 Å². The van der Waals surface area contributed by atoms with Crippen molar-refractivity contribution < 1.29 is 23.9 Å². The normalized spacial score (nSPS) is 30.5. The third kappa shape index (κ3) is 5.55. The van der Waals surface area contributed by atoms with E-state index in [9.17, 15) is 9.59 Å². The highest BCUT2D eigenvalue weighted by Crippen LogP contribution is 2.55. The van der Waals surface area contributed by atoms with Crippen LogP contribution in [0, 0.1) is 23.7 Å². The van der Waals surface area contributed by atoms with Gasteiger partial charge in [0.15, 0.2) is 0 Å². The molecule has 4 saturated carbocycles. The highest BCUT2D eigenvalue weighted by molar-refractivity contribution is 7.80. The van der Waals surface area contributed by atoms with Crippen LogP contribution < -0.4 is 10.2 Å². The first-order valence-electron chi connectivity index (χ1n) is 11.4. The second-order valence-corrected chi connectivity index (χ2v) is 10.0. The first kappa shape index (κ1) is 22.5. The van der Waals surface area contributed by atoms with Crippen LogP contribution in [0.15, 0.2) is 30.3 Å². The second kappa shape index (κ2) is 9.82. The minimum absolute atomic E-state index is 0.113. The number of hydroxylamine groups is 1. The van der Waals surface area contributed by atoms with Gasteiger partial charge >= 0.3 is 11.9 Å². The monoisotopic (exact) mass is 447 g/mol. The van der Waals surface area contributed by atoms with Crippen LogP contribution in [-0.2, 0) is 19.2 Å². The maximum Gasteiger partial charge on any atom is 0.366 e. The van der Waals surface area contributed by atoms with Crippen LogP contribution in [0.4, 0.5) is 0 Å². The molecule has 1 N–H and O–H groups in total. The summed E-state index contributed by atoms with van der Waals surface area (Å²) in [4.78, 5) is 30.8. The fourth-order valence-electron chi connectivity index (χ4n) is 5.82. The number of benzene rings is 1. The van der Waals surface area contributed by atoms with E-state index in [0.29, 0.717) is 11.5 Å². The number of hydrogen-bond donors (Lipinski definition) is 2. The Kier molecular flexibility index (Phi) is 7.12. The second-order valence-electron chi connectivity index (χ2n) is 9.68. The summed E-state index contributed by atoms with van der Waals surface area (Å²) < 4.78 is 11.2. The Hall–Kier alpha value is -1.73. The van der Waals surface area contributed by atoms with E-state index >= 15 is 0 Å². The Balaban J connectivity index is 1.34. The quantitative estimate of drug-likeness (QED) is 0.321. The summed E-state index contributed by atoms with van der Waals surface area (Å²) in [7, 11) is 0. The fourth-order valence-corrected chi connectivity index (χ4v) is 5.97. The van der Waals surface area contributed by atoms with E-state index in [1.165, 1.54) is 19.3 Å². The largest absolute Gasteiger partial charge is 0.493 e. The molecule has 31 heavy (non-hydrogen) atoms. The summed E-state index contributed by atoms with van der Waals surface area (Å²) in [6.45, 7) is 1.97. The van der Waals surface area contributed by atoms with Gasteiger partial charge in [-0.15, -0.1) is 5.48 Å². The van der Waals surface area contributed by atoms with Gasteiger partial charge in [-0.1, -0.05) is 25.1 Å². The van der Waals surface area contributed by atoms with E-state index in [0.717, 1.165) is 37.0 Å². The molecule has 2 atom stereocenters. The predicted octanol–water partition coefficient (Wildman–Crippen LogP) is 3.95. The number of thiol groups is 1. The standard InChI is InChI=1S/C24H33NO5S/c1-16(15-31)22(26)29-21(7-8-28-20-5-3-2-4-6-20)23(27)30-25-24-12-17-9-18(13-24)11-19(10-17)14-24/h2-6,16-19,21,25,31H,7-15H2,1H3/t16-,17?,18?,19?,21+,24?/m1/s1. The van der Waals surface area contributed by atoms with Gasteiger partial charge in [-0.3, -0.25) is 4.79 Å². The van der Waals surface area contributed by atoms with Crippen LogP contribution in [0.2, 0.25) is 0 Å². The van der Waals surface area contributed by atoms with Crippen LogP contribution >= 0.6 is 12.6 Å². The average molecular weight is 448 g/mol.